The molecule has 0 spiro atoms. The van der Waals surface area contributed by atoms with Crippen LogP contribution in [-0.4, -0.2) is 70.5 Å². The van der Waals surface area contributed by atoms with Crippen LogP contribution in [0.25, 0.3) is 0 Å². The van der Waals surface area contributed by atoms with Crippen molar-refractivity contribution < 1.29 is 46.4 Å². The fourth-order valence-electron chi connectivity index (χ4n) is 3.25. The molecule has 0 aliphatic rings. The lowest BCUT2D eigenvalue weighted by Gasteiger charge is -2.39. The highest BCUT2D eigenvalue weighted by atomic mass is 31.2. The standard InChI is InChI=1S/C32H58NO10PSi/c1-29(2,3)28(35)33-26(27(34)41-30(4,5)6)22-40-44(36,43-31(7,8)9)39-21-25(42-45(14,15)32(10,11)12)20-38-24-18-16-23(37-13)17-19-24/h16-19,25-26H,20-22H2,1-15H3,(H,33,35)/t25-,26+,44?/m1/s1. The van der Waals surface area contributed by atoms with E-state index in [-0.39, 0.29) is 18.3 Å². The van der Waals surface area contributed by atoms with Gasteiger partial charge in [-0.3, -0.25) is 18.4 Å². The maximum Gasteiger partial charge on any atom is 0.475 e. The summed E-state index contributed by atoms with van der Waals surface area (Å²) in [7, 11) is -5.08. The molecule has 0 fully saturated rings. The number of phosphoric acid groups is 1. The van der Waals surface area contributed by atoms with Gasteiger partial charge in [0.25, 0.3) is 0 Å². The summed E-state index contributed by atoms with van der Waals surface area (Å²) >= 11 is 0. The minimum Gasteiger partial charge on any atom is -0.497 e. The van der Waals surface area contributed by atoms with Crippen molar-refractivity contribution in [3.63, 3.8) is 0 Å². The molecule has 1 N–H and O–H groups in total. The third-order valence-electron chi connectivity index (χ3n) is 6.64. The molecule has 0 heterocycles. The summed E-state index contributed by atoms with van der Waals surface area (Å²) in [5, 5.41) is 2.53. The van der Waals surface area contributed by atoms with Crippen LogP contribution in [0.2, 0.25) is 18.1 Å². The van der Waals surface area contributed by atoms with Crippen LogP contribution in [0.5, 0.6) is 11.5 Å². The van der Waals surface area contributed by atoms with Crippen molar-refractivity contribution in [2.75, 3.05) is 26.9 Å². The second-order valence-corrected chi connectivity index (χ2v) is 21.9. The Morgan fingerprint density at radius 3 is 1.76 bits per heavy atom. The second kappa shape index (κ2) is 15.8. The number of hydrogen-bond acceptors (Lipinski definition) is 10. The van der Waals surface area contributed by atoms with E-state index in [0.29, 0.717) is 11.5 Å². The number of benzene rings is 1. The van der Waals surface area contributed by atoms with Crippen molar-refractivity contribution in [1.29, 1.82) is 0 Å². The zero-order chi connectivity index (χ0) is 35.1. The lowest BCUT2D eigenvalue weighted by Crippen LogP contribution is -2.50. The number of carbonyl (C=O) groups is 2. The summed E-state index contributed by atoms with van der Waals surface area (Å²) in [6.07, 6.45) is -0.643. The van der Waals surface area contributed by atoms with Gasteiger partial charge in [-0.05, 0) is 83.9 Å². The zero-order valence-electron chi connectivity index (χ0n) is 30.1. The fraction of sp³-hybridized carbons (Fsp3) is 0.750. The maximum absolute atomic E-state index is 14.1. The largest absolute Gasteiger partial charge is 0.497 e. The predicted molar refractivity (Wildman–Crippen MR) is 178 cm³/mol. The predicted octanol–water partition coefficient (Wildman–Crippen LogP) is 7.29. The van der Waals surface area contributed by atoms with Gasteiger partial charge >= 0.3 is 13.8 Å². The van der Waals surface area contributed by atoms with Gasteiger partial charge in [-0.1, -0.05) is 41.5 Å². The molecule has 0 radical (unpaired) electrons. The van der Waals surface area contributed by atoms with E-state index in [1.807, 2.05) is 0 Å². The highest BCUT2D eigenvalue weighted by Gasteiger charge is 2.42. The van der Waals surface area contributed by atoms with Crippen molar-refractivity contribution in [3.05, 3.63) is 24.3 Å². The van der Waals surface area contributed by atoms with E-state index in [1.54, 1.807) is 93.7 Å². The lowest BCUT2D eigenvalue weighted by molar-refractivity contribution is -0.160. The molecule has 0 aliphatic heterocycles. The Labute approximate surface area is 272 Å². The number of ether oxygens (including phenoxy) is 3. The number of esters is 1. The van der Waals surface area contributed by atoms with Crippen LogP contribution in [0.4, 0.5) is 0 Å². The Morgan fingerprint density at radius 1 is 0.800 bits per heavy atom. The Bertz CT molecular complexity index is 1140. The molecule has 1 aromatic rings. The van der Waals surface area contributed by atoms with Crippen molar-refractivity contribution in [2.24, 2.45) is 5.41 Å². The summed E-state index contributed by atoms with van der Waals surface area (Å²) < 4.78 is 54.9. The van der Waals surface area contributed by atoms with E-state index < -0.39 is 63.4 Å². The Balaban J connectivity index is 3.28. The maximum atomic E-state index is 14.1. The molecule has 13 heteroatoms. The van der Waals surface area contributed by atoms with Gasteiger partial charge in [0.05, 0.1) is 25.9 Å². The van der Waals surface area contributed by atoms with E-state index in [4.69, 9.17) is 32.2 Å². The number of amides is 1. The Hall–Kier alpha value is -1.95. The molecule has 45 heavy (non-hydrogen) atoms. The van der Waals surface area contributed by atoms with Crippen molar-refractivity contribution in [3.8, 4) is 11.5 Å². The van der Waals surface area contributed by atoms with Gasteiger partial charge in [-0.15, -0.1) is 0 Å². The number of carbonyl (C=O) groups excluding carboxylic acids is 2. The smallest absolute Gasteiger partial charge is 0.475 e. The number of hydrogen-bond donors (Lipinski definition) is 1. The van der Waals surface area contributed by atoms with E-state index in [9.17, 15) is 14.2 Å². The van der Waals surface area contributed by atoms with Gasteiger partial charge in [0.15, 0.2) is 14.4 Å². The van der Waals surface area contributed by atoms with Crippen LogP contribution in [0.1, 0.15) is 83.1 Å². The molecule has 3 atom stereocenters. The molecule has 0 saturated heterocycles. The summed E-state index contributed by atoms with van der Waals surface area (Å²) in [5.41, 5.74) is -2.58. The summed E-state index contributed by atoms with van der Waals surface area (Å²) in [6, 6.07) is 5.86. The molecule has 1 rings (SSSR count). The molecule has 0 aromatic heterocycles. The van der Waals surface area contributed by atoms with Crippen molar-refractivity contribution >= 4 is 28.0 Å². The van der Waals surface area contributed by atoms with Gasteiger partial charge in [0, 0.05) is 5.41 Å². The van der Waals surface area contributed by atoms with E-state index in [1.165, 1.54) is 0 Å². The SMILES string of the molecule is COc1ccc(OC[C@H](COP(=O)(OC[C@H](NC(=O)C(C)(C)C)C(=O)OC(C)(C)C)OC(C)(C)C)O[Si](C)(C)C(C)(C)C)cc1. The first-order valence-electron chi connectivity index (χ1n) is 15.2. The molecule has 1 amide bonds. The van der Waals surface area contributed by atoms with Gasteiger partial charge in [0.2, 0.25) is 5.91 Å². The van der Waals surface area contributed by atoms with Crippen molar-refractivity contribution in [1.82, 2.24) is 5.32 Å². The van der Waals surface area contributed by atoms with Gasteiger partial charge in [-0.25, -0.2) is 9.36 Å². The van der Waals surface area contributed by atoms with Gasteiger partial charge in [-0.2, -0.15) is 0 Å². The highest BCUT2D eigenvalue weighted by Crippen LogP contribution is 2.53. The summed E-state index contributed by atoms with van der Waals surface area (Å²) in [5.74, 6) is 0.141. The normalized spacial score (nSPS) is 15.9. The molecule has 0 aliphatic carbocycles. The minimum absolute atomic E-state index is 0.0938. The Kier molecular flexibility index (Phi) is 14.4. The average molecular weight is 676 g/mol. The van der Waals surface area contributed by atoms with Gasteiger partial charge in [0.1, 0.15) is 29.8 Å². The second-order valence-electron chi connectivity index (χ2n) is 15.5. The third-order valence-corrected chi connectivity index (χ3v) is 12.9. The average Bonchev–Trinajstić information content (AvgIpc) is 2.85. The highest BCUT2D eigenvalue weighted by molar-refractivity contribution is 7.48. The zero-order valence-corrected chi connectivity index (χ0v) is 32.0. The first-order valence-corrected chi connectivity index (χ1v) is 19.6. The third kappa shape index (κ3) is 15.5. The quantitative estimate of drug-likeness (QED) is 0.115. The number of phosphoric ester groups is 1. The van der Waals surface area contributed by atoms with Crippen molar-refractivity contribution in [2.45, 2.75) is 125 Å². The first kappa shape index (κ1) is 41.1. The van der Waals surface area contributed by atoms with E-state index in [0.717, 1.165) is 0 Å². The van der Waals surface area contributed by atoms with Crippen LogP contribution in [-0.2, 0) is 36.9 Å². The van der Waals surface area contributed by atoms with Crippen LogP contribution < -0.4 is 14.8 Å². The number of nitrogens with one attached hydrogen (secondary N) is 1. The minimum atomic E-state index is -4.33. The Morgan fingerprint density at radius 2 is 1.31 bits per heavy atom. The summed E-state index contributed by atoms with van der Waals surface area (Å²) in [4.78, 5) is 25.9. The molecule has 1 unspecified atom stereocenters. The van der Waals surface area contributed by atoms with Crippen LogP contribution in [0, 0.1) is 5.41 Å². The fourth-order valence-corrected chi connectivity index (χ4v) is 6.11. The molecule has 0 saturated carbocycles. The van der Waals surface area contributed by atoms with E-state index in [2.05, 4.69) is 39.2 Å². The first-order chi connectivity index (χ1) is 20.2. The number of methoxy groups -OCH3 is 1. The molecular weight excluding hydrogens is 617 g/mol. The van der Waals surface area contributed by atoms with Crippen LogP contribution >= 0.6 is 7.82 Å². The van der Waals surface area contributed by atoms with Crippen LogP contribution in [0.3, 0.4) is 0 Å². The lowest BCUT2D eigenvalue weighted by atomic mass is 9.95. The topological polar surface area (TPSA) is 128 Å². The monoisotopic (exact) mass is 675 g/mol. The molecular formula is C32H58NO10PSi. The number of rotatable bonds is 15. The molecule has 0 bridgehead atoms. The molecule has 11 nitrogen and oxygen atoms in total. The summed E-state index contributed by atoms with van der Waals surface area (Å²) in [6.45, 7) is 25.3. The molecule has 1 aromatic carbocycles. The van der Waals surface area contributed by atoms with Crippen LogP contribution in [0.15, 0.2) is 24.3 Å². The molecule has 260 valence electrons. The van der Waals surface area contributed by atoms with E-state index >= 15 is 0 Å². The van der Waals surface area contributed by atoms with Gasteiger partial charge < -0.3 is 24.0 Å².